The van der Waals surface area contributed by atoms with Crippen LogP contribution < -0.4 is 0 Å². The van der Waals surface area contributed by atoms with Gasteiger partial charge in [0.15, 0.2) is 0 Å². The van der Waals surface area contributed by atoms with Crippen LogP contribution in [0.3, 0.4) is 0 Å². The minimum atomic E-state index is -1.91. The molecule has 1 atom stereocenters. The summed E-state index contributed by atoms with van der Waals surface area (Å²) in [7, 11) is -1.91. The molecule has 0 bridgehead atoms. The van der Waals surface area contributed by atoms with Gasteiger partial charge in [-0.05, 0) is 0 Å². The summed E-state index contributed by atoms with van der Waals surface area (Å²) in [5, 5.41) is 0.174. The lowest BCUT2D eigenvalue weighted by atomic mass is 10.3. The van der Waals surface area contributed by atoms with Crippen LogP contribution in [0.2, 0.25) is 0 Å². The van der Waals surface area contributed by atoms with Crippen LogP contribution in [-0.2, 0) is 0 Å². The van der Waals surface area contributed by atoms with E-state index in [1.807, 2.05) is 34.6 Å². The highest BCUT2D eigenvalue weighted by Crippen LogP contribution is 2.57. The van der Waals surface area contributed by atoms with Crippen LogP contribution in [0.5, 0.6) is 0 Å². The molecule has 0 aliphatic heterocycles. The van der Waals surface area contributed by atoms with Crippen molar-refractivity contribution < 1.29 is 4.55 Å². The van der Waals surface area contributed by atoms with E-state index in [2.05, 4.69) is 0 Å². The first-order valence-corrected chi connectivity index (χ1v) is 5.23. The van der Waals surface area contributed by atoms with Gasteiger partial charge in [0.2, 0.25) is 0 Å². The second kappa shape index (κ2) is 2.74. The summed E-state index contributed by atoms with van der Waals surface area (Å²) in [5.41, 5.74) is 0. The summed E-state index contributed by atoms with van der Waals surface area (Å²) in [4.78, 5) is 0. The highest BCUT2D eigenvalue weighted by atomic mass is 32.3. The minimum Gasteiger partial charge on any atom is -0.350 e. The number of hydrogen-bond acceptors (Lipinski definition) is 1. The van der Waals surface area contributed by atoms with E-state index in [0.717, 1.165) is 0 Å². The van der Waals surface area contributed by atoms with E-state index in [1.165, 1.54) is 0 Å². The van der Waals surface area contributed by atoms with Gasteiger partial charge in [0.1, 0.15) is 0 Å². The van der Waals surface area contributed by atoms with E-state index >= 15 is 0 Å². The Kier molecular flexibility index (Phi) is 2.83. The van der Waals surface area contributed by atoms with Gasteiger partial charge in [-0.1, -0.05) is 34.6 Å². The third kappa shape index (κ3) is 1.89. The first kappa shape index (κ1) is 10.3. The summed E-state index contributed by atoms with van der Waals surface area (Å²) in [6.07, 6.45) is 5.78. The lowest BCUT2D eigenvalue weighted by Crippen LogP contribution is -2.28. The van der Waals surface area contributed by atoms with Gasteiger partial charge in [0.25, 0.3) is 0 Å². The zero-order valence-electron chi connectivity index (χ0n) is 7.51. The SMILES string of the molecule is [CH]S(O)(C(C)C)C(C)(C)C. The van der Waals surface area contributed by atoms with Crippen molar-refractivity contribution in [3.05, 3.63) is 6.26 Å². The van der Waals surface area contributed by atoms with Crippen molar-refractivity contribution in [1.29, 1.82) is 0 Å². The maximum atomic E-state index is 9.79. The monoisotopic (exact) mass is 162 g/mol. The van der Waals surface area contributed by atoms with E-state index < -0.39 is 10.3 Å². The zero-order valence-corrected chi connectivity index (χ0v) is 8.33. The largest absolute Gasteiger partial charge is 0.350 e. The van der Waals surface area contributed by atoms with Gasteiger partial charge in [-0.3, -0.25) is 0 Å². The quantitative estimate of drug-likeness (QED) is 0.628. The molecule has 0 spiro atoms. The smallest absolute Gasteiger partial charge is 0.0381 e. The molecule has 1 nitrogen and oxygen atoms in total. The molecule has 0 saturated heterocycles. The van der Waals surface area contributed by atoms with Gasteiger partial charge in [0, 0.05) is 16.3 Å². The van der Waals surface area contributed by atoms with Crippen LogP contribution in [0.25, 0.3) is 0 Å². The molecule has 0 aromatic heterocycles. The molecule has 0 aliphatic rings. The van der Waals surface area contributed by atoms with Crippen LogP contribution in [0, 0.1) is 6.26 Å². The first-order chi connectivity index (χ1) is 4.19. The third-order valence-electron chi connectivity index (χ3n) is 1.70. The molecule has 1 N–H and O–H groups in total. The van der Waals surface area contributed by atoms with Gasteiger partial charge in [-0.15, -0.1) is 10.3 Å². The fourth-order valence-electron chi connectivity index (χ4n) is 0.707. The van der Waals surface area contributed by atoms with Gasteiger partial charge in [-0.2, -0.15) is 0 Å². The van der Waals surface area contributed by atoms with Crippen molar-refractivity contribution in [2.75, 3.05) is 0 Å². The molecule has 0 rings (SSSR count). The summed E-state index contributed by atoms with van der Waals surface area (Å²) >= 11 is 0. The van der Waals surface area contributed by atoms with E-state index in [9.17, 15) is 4.55 Å². The number of hydrogen-bond donors (Lipinski definition) is 1. The summed E-state index contributed by atoms with van der Waals surface area (Å²) in [6.45, 7) is 9.84. The predicted molar refractivity (Wildman–Crippen MR) is 49.4 cm³/mol. The maximum Gasteiger partial charge on any atom is 0.0381 e. The molecular formula is C8H18OS. The molecule has 0 saturated carbocycles. The molecule has 10 heavy (non-hydrogen) atoms. The van der Waals surface area contributed by atoms with E-state index in [4.69, 9.17) is 6.26 Å². The van der Waals surface area contributed by atoms with Crippen molar-refractivity contribution in [1.82, 2.24) is 0 Å². The van der Waals surface area contributed by atoms with Crippen molar-refractivity contribution >= 4 is 10.3 Å². The van der Waals surface area contributed by atoms with Crippen LogP contribution in [0.15, 0.2) is 0 Å². The fourth-order valence-corrected chi connectivity index (χ4v) is 2.12. The van der Waals surface area contributed by atoms with Gasteiger partial charge < -0.3 is 4.55 Å². The van der Waals surface area contributed by atoms with E-state index in [-0.39, 0.29) is 10.00 Å². The second-order valence-electron chi connectivity index (χ2n) is 3.84. The second-order valence-corrected chi connectivity index (χ2v) is 7.35. The minimum absolute atomic E-state index is 0.166. The predicted octanol–water partition coefficient (Wildman–Crippen LogP) is 3.14. The fraction of sp³-hybridized carbons (Fsp3) is 0.875. The van der Waals surface area contributed by atoms with Gasteiger partial charge in [0.05, 0.1) is 0 Å². The van der Waals surface area contributed by atoms with Crippen molar-refractivity contribution in [2.45, 2.75) is 44.6 Å². The standard InChI is InChI=1S/C8H18OS/c1-7(2)10(6,9)8(3,4)5/h6-7,9H,1-5H3. The molecule has 0 aromatic rings. The highest BCUT2D eigenvalue weighted by molar-refractivity contribution is 8.31. The Morgan fingerprint density at radius 2 is 1.60 bits per heavy atom. The Morgan fingerprint density at radius 3 is 1.60 bits per heavy atom. The lowest BCUT2D eigenvalue weighted by Gasteiger charge is -2.45. The first-order valence-electron chi connectivity index (χ1n) is 3.51. The maximum absolute atomic E-state index is 9.79. The van der Waals surface area contributed by atoms with Gasteiger partial charge in [-0.25, -0.2) is 0 Å². The normalized spacial score (nSPS) is 22.4. The number of rotatable bonds is 1. The molecule has 0 amide bonds. The Balaban J connectivity index is 4.40. The molecule has 62 valence electrons. The lowest BCUT2D eigenvalue weighted by molar-refractivity contribution is 0.578. The average molecular weight is 162 g/mol. The summed E-state index contributed by atoms with van der Waals surface area (Å²) in [6, 6.07) is 0. The molecule has 0 fully saturated rings. The highest BCUT2D eigenvalue weighted by Gasteiger charge is 2.33. The molecule has 1 unspecified atom stereocenters. The van der Waals surface area contributed by atoms with Crippen molar-refractivity contribution in [3.63, 3.8) is 0 Å². The Labute approximate surface area is 66.4 Å². The van der Waals surface area contributed by atoms with Crippen LogP contribution in [-0.4, -0.2) is 14.5 Å². The van der Waals surface area contributed by atoms with Crippen LogP contribution in [0.1, 0.15) is 34.6 Å². The molecule has 0 aliphatic carbocycles. The Hall–Kier alpha value is 0.310. The summed E-state index contributed by atoms with van der Waals surface area (Å²) < 4.78 is 9.62. The zero-order chi connectivity index (χ0) is 8.58. The molecule has 2 radical (unpaired) electrons. The van der Waals surface area contributed by atoms with Crippen molar-refractivity contribution in [3.8, 4) is 0 Å². The van der Waals surface area contributed by atoms with E-state index in [0.29, 0.717) is 0 Å². The molecule has 0 aromatic carbocycles. The summed E-state index contributed by atoms with van der Waals surface area (Å²) in [5.74, 6) is 0. The van der Waals surface area contributed by atoms with Crippen molar-refractivity contribution in [2.24, 2.45) is 0 Å². The Bertz CT molecular complexity index is 111. The average Bonchev–Trinajstić information content (AvgIpc) is 1.62. The van der Waals surface area contributed by atoms with Crippen LogP contribution >= 0.6 is 10.3 Å². The van der Waals surface area contributed by atoms with E-state index in [1.54, 1.807) is 0 Å². The van der Waals surface area contributed by atoms with Crippen LogP contribution in [0.4, 0.5) is 0 Å². The third-order valence-corrected chi connectivity index (χ3v) is 5.10. The molecular weight excluding hydrogens is 144 g/mol. The molecule has 2 heteroatoms. The molecule has 0 heterocycles. The van der Waals surface area contributed by atoms with Gasteiger partial charge >= 0.3 is 0 Å². The Morgan fingerprint density at radius 1 is 1.30 bits per heavy atom. The topological polar surface area (TPSA) is 20.2 Å².